The summed E-state index contributed by atoms with van der Waals surface area (Å²) >= 11 is 1.84. The van der Waals surface area contributed by atoms with E-state index in [1.165, 1.54) is 45.5 Å². The van der Waals surface area contributed by atoms with E-state index in [1.807, 2.05) is 35.5 Å². The molecular weight excluding hydrogens is 575 g/mol. The van der Waals surface area contributed by atoms with Crippen LogP contribution in [-0.4, -0.2) is 5.43 Å². The molecule has 0 saturated carbocycles. The normalized spacial score (nSPS) is 12.3. The van der Waals surface area contributed by atoms with Gasteiger partial charge in [0.2, 0.25) is 0 Å². The molecule has 3 aromatic carbocycles. The van der Waals surface area contributed by atoms with Gasteiger partial charge in [-0.3, -0.25) is 6.08 Å². The zero-order valence-corrected chi connectivity index (χ0v) is 28.5. The minimum absolute atomic E-state index is 0. The van der Waals surface area contributed by atoms with Gasteiger partial charge in [0.1, 0.15) is 0 Å². The summed E-state index contributed by atoms with van der Waals surface area (Å²) in [5, 5.41) is 5.49. The second-order valence-corrected chi connectivity index (χ2v) is 18.8. The molecule has 0 saturated heterocycles. The van der Waals surface area contributed by atoms with Gasteiger partial charge in [-0.05, 0) is 10.8 Å². The summed E-state index contributed by atoms with van der Waals surface area (Å²) in [6.07, 6.45) is 12.8. The molecule has 0 amide bonds. The number of benzene rings is 2. The summed E-state index contributed by atoms with van der Waals surface area (Å²) in [6.45, 7) is 18.3. The molecule has 4 rings (SSSR count). The van der Waals surface area contributed by atoms with E-state index in [2.05, 4.69) is 110 Å². The predicted molar refractivity (Wildman–Crippen MR) is 152 cm³/mol. The van der Waals surface area contributed by atoms with Gasteiger partial charge in [-0.1, -0.05) is 76.9 Å². The van der Waals surface area contributed by atoms with Crippen molar-refractivity contribution >= 4 is 27.0 Å². The predicted octanol–water partition coefficient (Wildman–Crippen LogP) is 3.97. The van der Waals surface area contributed by atoms with Crippen LogP contribution in [0.2, 0.25) is 12.1 Å². The number of rotatable bonds is 4. The first kappa shape index (κ1) is 35.5. The summed E-state index contributed by atoms with van der Waals surface area (Å²) in [6, 6.07) is 19.3. The van der Waals surface area contributed by atoms with Crippen molar-refractivity contribution in [2.75, 3.05) is 0 Å². The van der Waals surface area contributed by atoms with E-state index >= 15 is 0 Å². The SMILES string of the molecule is CC(C)(C)c1ccc2[cH-]c3ccc(C(C)(C)C)cc3c2c1.CCC[Si](=[Zr+2])CCC.[C-]1=CC=CC1.[Cl-].[Cl-]. The van der Waals surface area contributed by atoms with Crippen molar-refractivity contribution in [3.05, 3.63) is 77.9 Å². The van der Waals surface area contributed by atoms with Gasteiger partial charge in [0.15, 0.2) is 0 Å². The van der Waals surface area contributed by atoms with Crippen LogP contribution in [0.25, 0.3) is 21.5 Å². The van der Waals surface area contributed by atoms with Crippen molar-refractivity contribution < 1.29 is 48.1 Å². The van der Waals surface area contributed by atoms with E-state index in [0.717, 1.165) is 6.42 Å². The summed E-state index contributed by atoms with van der Waals surface area (Å²) in [7, 11) is 0. The van der Waals surface area contributed by atoms with E-state index in [1.54, 1.807) is 12.1 Å². The molecule has 0 atom stereocenters. The van der Waals surface area contributed by atoms with Crippen LogP contribution in [0.1, 0.15) is 85.8 Å². The van der Waals surface area contributed by atoms with E-state index < -0.39 is 0 Å². The molecule has 0 N–H and O–H groups in total. The topological polar surface area (TPSA) is 0 Å². The standard InChI is InChI=1S/C21H25.C6H14Si.C5H5.2ClH.Zr/c1-20(2,3)16-9-7-14-11-15-8-10-17(21(4,5)6)13-19(15)18(14)12-16;1-3-5-7-6-4-2;1-2-4-5-3-1;;;/h7-13H,1-6H3;3-6H2,1-2H3;1-3H,4H2;2*1H;/q-1;;-1;;;+2/p-2. The zero-order valence-electron chi connectivity index (χ0n) is 23.6. The summed E-state index contributed by atoms with van der Waals surface area (Å²) < 4.78 is 0. The second-order valence-electron chi connectivity index (χ2n) is 11.4. The smallest absolute Gasteiger partial charge is 0.109 e. The third-order valence-corrected chi connectivity index (χ3v) is 12.0. The van der Waals surface area contributed by atoms with Crippen molar-refractivity contribution in [3.8, 4) is 0 Å². The number of fused-ring (bicyclic) bond motifs is 3. The largest absolute Gasteiger partial charge is 1.00 e. The van der Waals surface area contributed by atoms with Crippen LogP contribution in [0.5, 0.6) is 0 Å². The molecule has 36 heavy (non-hydrogen) atoms. The zero-order chi connectivity index (χ0) is 25.4. The van der Waals surface area contributed by atoms with Crippen LogP contribution >= 0.6 is 0 Å². The van der Waals surface area contributed by atoms with E-state index in [9.17, 15) is 0 Å². The summed E-state index contributed by atoms with van der Waals surface area (Å²) in [5.41, 5.74) is 3.40. The van der Waals surface area contributed by atoms with Crippen LogP contribution in [0, 0.1) is 6.08 Å². The van der Waals surface area contributed by atoms with Crippen molar-refractivity contribution in [2.24, 2.45) is 0 Å². The average Bonchev–Trinajstić information content (AvgIpc) is 3.44. The van der Waals surface area contributed by atoms with Crippen molar-refractivity contribution in [3.63, 3.8) is 0 Å². The van der Waals surface area contributed by atoms with Crippen molar-refractivity contribution in [1.29, 1.82) is 0 Å². The van der Waals surface area contributed by atoms with Gasteiger partial charge in [0.25, 0.3) is 0 Å². The van der Waals surface area contributed by atoms with Crippen LogP contribution in [0.4, 0.5) is 0 Å². The molecule has 0 bridgehead atoms. The molecule has 0 aliphatic heterocycles. The number of hydrogen-bond acceptors (Lipinski definition) is 0. The summed E-state index contributed by atoms with van der Waals surface area (Å²) in [4.78, 5) is 0. The van der Waals surface area contributed by atoms with Crippen LogP contribution in [0.15, 0.2) is 60.7 Å². The molecule has 0 unspecified atom stereocenters. The first-order chi connectivity index (χ1) is 16.0. The first-order valence-electron chi connectivity index (χ1n) is 12.9. The van der Waals surface area contributed by atoms with Gasteiger partial charge in [-0.2, -0.15) is 6.08 Å². The number of hydrogen-bond donors (Lipinski definition) is 0. The maximum absolute atomic E-state index is 2.99. The Bertz CT molecular complexity index is 1050. The molecule has 0 aromatic heterocycles. The molecule has 1 aliphatic rings. The minimum atomic E-state index is 0. The second kappa shape index (κ2) is 16.4. The third-order valence-electron chi connectivity index (χ3n) is 6.13. The third kappa shape index (κ3) is 11.1. The van der Waals surface area contributed by atoms with Gasteiger partial charge in [-0.15, -0.1) is 46.2 Å². The Morgan fingerprint density at radius 3 is 1.53 bits per heavy atom. The van der Waals surface area contributed by atoms with E-state index in [-0.39, 0.29) is 41.1 Å². The Morgan fingerprint density at radius 2 is 1.25 bits per heavy atom. The van der Waals surface area contributed by atoms with E-state index in [4.69, 9.17) is 0 Å². The Labute approximate surface area is 249 Å². The minimum Gasteiger partial charge on any atom is -1.00 e. The quantitative estimate of drug-likeness (QED) is 0.307. The fraction of sp³-hybridized carbons (Fsp3) is 0.469. The van der Waals surface area contributed by atoms with Crippen LogP contribution in [-0.2, 0) is 34.2 Å². The van der Waals surface area contributed by atoms with Gasteiger partial charge in [0, 0.05) is 0 Å². The summed E-state index contributed by atoms with van der Waals surface area (Å²) in [5.74, 6) is 0. The van der Waals surface area contributed by atoms with Crippen LogP contribution < -0.4 is 24.8 Å². The van der Waals surface area contributed by atoms with Gasteiger partial charge >= 0.3 is 67.5 Å². The molecule has 0 heterocycles. The van der Waals surface area contributed by atoms with E-state index in [0.29, 0.717) is 0 Å². The monoisotopic (exact) mass is 616 g/mol. The van der Waals surface area contributed by atoms with Gasteiger partial charge in [0.05, 0.1) is 0 Å². The molecule has 3 aromatic rings. The molecule has 196 valence electrons. The Balaban J connectivity index is 0.000000681. The van der Waals surface area contributed by atoms with Gasteiger partial charge < -0.3 is 24.8 Å². The Morgan fingerprint density at radius 1 is 0.806 bits per heavy atom. The molecular formula is C32H44Cl2SiZr-2. The van der Waals surface area contributed by atoms with Crippen molar-refractivity contribution in [2.45, 2.75) is 97.6 Å². The average molecular weight is 619 g/mol. The Hall–Kier alpha value is -0.530. The molecule has 0 fully saturated rings. The number of allylic oxidation sites excluding steroid dienone is 4. The fourth-order valence-corrected chi connectivity index (χ4v) is 9.14. The first-order valence-corrected chi connectivity index (χ1v) is 18.5. The van der Waals surface area contributed by atoms with Crippen LogP contribution in [0.3, 0.4) is 0 Å². The molecule has 1 aliphatic carbocycles. The maximum atomic E-state index is 2.99. The van der Waals surface area contributed by atoms with Gasteiger partial charge in [-0.25, -0.2) is 12.2 Å². The molecule has 0 spiro atoms. The maximum Gasteiger partial charge on any atom is -0.109 e. The molecule has 0 radical (unpaired) electrons. The molecule has 4 heteroatoms. The Kier molecular flexibility index (Phi) is 16.2. The molecule has 0 nitrogen and oxygen atoms in total. The number of halogens is 2. The van der Waals surface area contributed by atoms with Crippen molar-refractivity contribution in [1.82, 2.24) is 0 Å². The fourth-order valence-electron chi connectivity index (χ4n) is 4.00.